The second-order valence-corrected chi connectivity index (χ2v) is 13.9. The Hall–Kier alpha value is -6.08. The van der Waals surface area contributed by atoms with Gasteiger partial charge in [0.25, 0.3) is 5.91 Å². The van der Waals surface area contributed by atoms with Gasteiger partial charge in [0.15, 0.2) is 12.2 Å². The Morgan fingerprint density at radius 2 is 1.28 bits per heavy atom. The van der Waals surface area contributed by atoms with E-state index in [1.165, 1.54) is 18.2 Å². The fourth-order valence-corrected chi connectivity index (χ4v) is 6.97. The molecule has 0 spiro atoms. The Morgan fingerprint density at radius 1 is 0.705 bits per heavy atom. The number of aliphatic hydroxyl groups excluding tert-OH is 1. The topological polar surface area (TPSA) is 230 Å². The summed E-state index contributed by atoms with van der Waals surface area (Å²) in [4.78, 5) is 74.7. The summed E-state index contributed by atoms with van der Waals surface area (Å²) in [5, 5.41) is 15.2. The second kappa shape index (κ2) is 22.5. The van der Waals surface area contributed by atoms with Crippen LogP contribution in [0.5, 0.6) is 5.75 Å². The van der Waals surface area contributed by atoms with Crippen molar-refractivity contribution in [2.24, 2.45) is 0 Å². The molecule has 1 fully saturated rings. The summed E-state index contributed by atoms with van der Waals surface area (Å²) >= 11 is 0. The van der Waals surface area contributed by atoms with Gasteiger partial charge in [-0.2, -0.15) is 0 Å². The number of aliphatic hydroxyl groups is 1. The molecule has 1 heterocycles. The van der Waals surface area contributed by atoms with Crippen LogP contribution >= 0.6 is 0 Å². The molecule has 0 unspecified atom stereocenters. The highest BCUT2D eigenvalue weighted by atomic mass is 16.7. The molecule has 3 aromatic carbocycles. The average molecular weight is 851 g/mol. The number of esters is 4. The Balaban J connectivity index is 1.09. The fraction of sp³-hybridized carbons (Fsp3) is 0.442. The van der Waals surface area contributed by atoms with E-state index in [1.54, 1.807) is 0 Å². The fourth-order valence-electron chi connectivity index (χ4n) is 6.97. The number of hydrogen-bond acceptors (Lipinski definition) is 16. The van der Waals surface area contributed by atoms with Crippen LogP contribution in [0.2, 0.25) is 0 Å². The maximum atomic E-state index is 13.4. The van der Waals surface area contributed by atoms with Crippen LogP contribution in [0.3, 0.4) is 0 Å². The number of carbonyl (C=O) groups excluding carboxylic acids is 6. The molecule has 0 radical (unpaired) electrons. The summed E-state index contributed by atoms with van der Waals surface area (Å²) < 4.78 is 49.8. The number of nitrogens with one attached hydrogen (secondary N) is 2. The van der Waals surface area contributed by atoms with Gasteiger partial charge in [-0.25, -0.2) is 4.79 Å². The van der Waals surface area contributed by atoms with Crippen molar-refractivity contribution in [1.29, 1.82) is 0 Å². The van der Waals surface area contributed by atoms with E-state index in [2.05, 4.69) is 22.8 Å². The Morgan fingerprint density at radius 3 is 1.87 bits per heavy atom. The van der Waals surface area contributed by atoms with Gasteiger partial charge in [-0.05, 0) is 39.9 Å². The molecule has 61 heavy (non-hydrogen) atoms. The third-order valence-electron chi connectivity index (χ3n) is 9.57. The van der Waals surface area contributed by atoms with Crippen molar-refractivity contribution < 1.29 is 76.5 Å². The molecule has 328 valence electrons. The van der Waals surface area contributed by atoms with Crippen LogP contribution in [0.25, 0.3) is 11.1 Å². The molecule has 0 aromatic heterocycles. The number of carbonyl (C=O) groups is 6. The van der Waals surface area contributed by atoms with Crippen LogP contribution in [0.4, 0.5) is 4.79 Å². The number of hydrogen-bond donors (Lipinski definition) is 3. The van der Waals surface area contributed by atoms with Gasteiger partial charge in [0.1, 0.15) is 18.5 Å². The number of fused-ring (bicyclic) bond motifs is 3. The highest BCUT2D eigenvalue weighted by molar-refractivity contribution is 5.97. The van der Waals surface area contributed by atoms with Crippen molar-refractivity contribution in [2.45, 2.75) is 70.4 Å². The average Bonchev–Trinajstić information content (AvgIpc) is 3.56. The van der Waals surface area contributed by atoms with Gasteiger partial charge in [-0.1, -0.05) is 54.6 Å². The normalized spacial score (nSPS) is 19.1. The lowest BCUT2D eigenvalue weighted by molar-refractivity contribution is -0.284. The highest BCUT2D eigenvalue weighted by Gasteiger charge is 2.53. The molecule has 0 bridgehead atoms. The molecule has 3 N–H and O–H groups in total. The third-order valence-corrected chi connectivity index (χ3v) is 9.57. The van der Waals surface area contributed by atoms with Gasteiger partial charge in [0.05, 0.1) is 52.1 Å². The molecule has 0 saturated carbocycles. The first-order valence-electron chi connectivity index (χ1n) is 19.6. The van der Waals surface area contributed by atoms with E-state index in [0.717, 1.165) is 50.1 Å². The SMILES string of the molecule is COC(=O)C[C@H]1O[C@@H](Oc2ccc(CO)cc2C(=O)NCCOCCOCCNC(=O)OCC2c3ccccc3-c3ccccc32)[C@H](OC(C)=O)[C@@H](OC(C)=O)[C@@H]1OC(C)=O. The summed E-state index contributed by atoms with van der Waals surface area (Å²) in [7, 11) is 1.13. The van der Waals surface area contributed by atoms with Crippen LogP contribution < -0.4 is 15.4 Å². The summed E-state index contributed by atoms with van der Waals surface area (Å²) in [6, 6.07) is 20.4. The van der Waals surface area contributed by atoms with Crippen LogP contribution in [-0.4, -0.2) is 125 Å². The van der Waals surface area contributed by atoms with Crippen LogP contribution in [0.1, 0.15) is 60.2 Å². The summed E-state index contributed by atoms with van der Waals surface area (Å²) in [5.74, 6) is -4.02. The number of methoxy groups -OCH3 is 1. The first-order chi connectivity index (χ1) is 29.4. The summed E-state index contributed by atoms with van der Waals surface area (Å²) in [6.45, 7) is 4.04. The van der Waals surface area contributed by atoms with E-state index in [9.17, 15) is 33.9 Å². The Labute approximate surface area is 352 Å². The molecule has 2 amide bonds. The van der Waals surface area contributed by atoms with Gasteiger partial charge in [-0.15, -0.1) is 0 Å². The smallest absolute Gasteiger partial charge is 0.407 e. The number of benzene rings is 3. The number of alkyl carbamates (subject to hydrolysis) is 1. The standard InChI is InChI=1S/C43H50N2O16/c1-25(47)57-38-36(22-37(50)53-4)61-42(40(59-27(3)49)39(38)58-26(2)48)60-35-14-13-28(23-46)21-33(35)41(51)44-15-17-54-19-20-55-18-16-45-43(52)56-24-34-31-11-7-5-9-29(31)30-10-6-8-12-32(30)34/h5-14,21,34,36,38-40,42,46H,15-20,22-24H2,1-4H3,(H,44,51)(H,45,52)/t36-,38-,39+,40-,42-/m1/s1. The van der Waals surface area contributed by atoms with Gasteiger partial charge in [0.2, 0.25) is 12.4 Å². The van der Waals surface area contributed by atoms with Crippen molar-refractivity contribution >= 4 is 35.9 Å². The predicted octanol–water partition coefficient (Wildman–Crippen LogP) is 2.94. The summed E-state index contributed by atoms with van der Waals surface area (Å²) in [6.07, 6.45) is -8.45. The van der Waals surface area contributed by atoms with E-state index in [4.69, 9.17) is 42.6 Å². The highest BCUT2D eigenvalue weighted by Crippen LogP contribution is 2.44. The minimum Gasteiger partial charge on any atom is -0.469 e. The third kappa shape index (κ3) is 12.7. The van der Waals surface area contributed by atoms with Gasteiger partial charge >= 0.3 is 30.0 Å². The van der Waals surface area contributed by atoms with Crippen LogP contribution in [-0.2, 0) is 63.7 Å². The number of amides is 2. The van der Waals surface area contributed by atoms with E-state index in [-0.39, 0.29) is 63.4 Å². The second-order valence-electron chi connectivity index (χ2n) is 13.9. The van der Waals surface area contributed by atoms with E-state index in [1.807, 2.05) is 36.4 Å². The van der Waals surface area contributed by atoms with Crippen molar-refractivity contribution in [3.05, 3.63) is 89.0 Å². The maximum absolute atomic E-state index is 13.4. The molecule has 2 aliphatic rings. The van der Waals surface area contributed by atoms with E-state index >= 15 is 0 Å². The number of rotatable bonds is 20. The lowest BCUT2D eigenvalue weighted by atomic mass is 9.95. The molecule has 5 rings (SSSR count). The monoisotopic (exact) mass is 850 g/mol. The molecule has 5 atom stereocenters. The van der Waals surface area contributed by atoms with Gasteiger partial charge in [-0.3, -0.25) is 24.0 Å². The van der Waals surface area contributed by atoms with Crippen molar-refractivity contribution in [2.75, 3.05) is 53.2 Å². The van der Waals surface area contributed by atoms with Crippen LogP contribution in [0, 0.1) is 0 Å². The molecule has 18 nitrogen and oxygen atoms in total. The number of ether oxygens (including phenoxy) is 9. The van der Waals surface area contributed by atoms with Crippen LogP contribution in [0.15, 0.2) is 66.7 Å². The lowest BCUT2D eigenvalue weighted by Crippen LogP contribution is -2.63. The zero-order chi connectivity index (χ0) is 43.9. The van der Waals surface area contributed by atoms with E-state index < -0.39 is 79.6 Å². The van der Waals surface area contributed by atoms with E-state index in [0.29, 0.717) is 5.56 Å². The zero-order valence-corrected chi connectivity index (χ0v) is 34.2. The Kier molecular flexibility index (Phi) is 17.0. The largest absolute Gasteiger partial charge is 0.469 e. The van der Waals surface area contributed by atoms with Crippen molar-refractivity contribution in [3.8, 4) is 16.9 Å². The summed E-state index contributed by atoms with van der Waals surface area (Å²) in [5.41, 5.74) is 4.83. The molecule has 3 aromatic rings. The molecule has 1 aliphatic heterocycles. The first-order valence-corrected chi connectivity index (χ1v) is 19.6. The molecular weight excluding hydrogens is 800 g/mol. The van der Waals surface area contributed by atoms with Gasteiger partial charge < -0.3 is 58.4 Å². The molecule has 1 saturated heterocycles. The maximum Gasteiger partial charge on any atom is 0.407 e. The van der Waals surface area contributed by atoms with Gasteiger partial charge in [0, 0.05) is 39.8 Å². The molecular formula is C43H50N2O16. The first kappa shape index (κ1) is 46.0. The predicted molar refractivity (Wildman–Crippen MR) is 212 cm³/mol. The lowest BCUT2D eigenvalue weighted by Gasteiger charge is -2.44. The minimum absolute atomic E-state index is 0.0454. The molecule has 18 heteroatoms. The Bertz CT molecular complexity index is 1980. The van der Waals surface area contributed by atoms with Crippen molar-refractivity contribution in [3.63, 3.8) is 0 Å². The zero-order valence-electron chi connectivity index (χ0n) is 34.2. The van der Waals surface area contributed by atoms with Crippen molar-refractivity contribution in [1.82, 2.24) is 10.6 Å². The molecule has 1 aliphatic carbocycles. The minimum atomic E-state index is -1.61. The quantitative estimate of drug-likeness (QED) is 0.0843.